The van der Waals surface area contributed by atoms with Crippen LogP contribution in [0.15, 0.2) is 185 Å². The molecule has 0 aliphatic rings. The Hall–Kier alpha value is -6.58. The van der Waals surface area contributed by atoms with E-state index in [1.807, 2.05) is 12.1 Å². The van der Waals surface area contributed by atoms with Crippen LogP contribution in [0.3, 0.4) is 0 Å². The number of rotatable bonds is 5. The minimum absolute atomic E-state index is 0.855. The highest BCUT2D eigenvalue weighted by atomic mass is 16.3. The zero-order chi connectivity index (χ0) is 32.3. The van der Waals surface area contributed by atoms with Crippen molar-refractivity contribution in [1.29, 1.82) is 0 Å². The first-order valence-electron chi connectivity index (χ1n) is 16.6. The summed E-state index contributed by atoms with van der Waals surface area (Å²) in [5, 5.41) is 6.73. The van der Waals surface area contributed by atoms with Crippen LogP contribution >= 0.6 is 0 Å². The first kappa shape index (κ1) is 27.5. The number of furan rings is 2. The number of anilines is 3. The Bertz CT molecular complexity index is 2840. The van der Waals surface area contributed by atoms with Gasteiger partial charge >= 0.3 is 0 Å². The molecule has 230 valence electrons. The van der Waals surface area contributed by atoms with Gasteiger partial charge in [-0.3, -0.25) is 0 Å². The van der Waals surface area contributed by atoms with Gasteiger partial charge in [-0.1, -0.05) is 127 Å². The van der Waals surface area contributed by atoms with Crippen LogP contribution < -0.4 is 4.90 Å². The van der Waals surface area contributed by atoms with Crippen molar-refractivity contribution in [2.45, 2.75) is 0 Å². The molecule has 10 rings (SSSR count). The zero-order valence-corrected chi connectivity index (χ0v) is 26.5. The van der Waals surface area contributed by atoms with Crippen LogP contribution in [0.5, 0.6) is 0 Å². The highest BCUT2D eigenvalue weighted by molar-refractivity contribution is 6.20. The molecule has 0 saturated carbocycles. The first-order chi connectivity index (χ1) is 24.3. The van der Waals surface area contributed by atoms with E-state index in [2.05, 4.69) is 169 Å². The molecular formula is C46H29NO2. The summed E-state index contributed by atoms with van der Waals surface area (Å²) in [5.74, 6) is 0. The Kier molecular flexibility index (Phi) is 6.18. The summed E-state index contributed by atoms with van der Waals surface area (Å²) >= 11 is 0. The number of hydrogen-bond acceptors (Lipinski definition) is 3. The van der Waals surface area contributed by atoms with Crippen molar-refractivity contribution in [2.75, 3.05) is 4.90 Å². The Morgan fingerprint density at radius 3 is 1.88 bits per heavy atom. The minimum Gasteiger partial charge on any atom is -0.456 e. The Morgan fingerprint density at radius 2 is 1.00 bits per heavy atom. The summed E-state index contributed by atoms with van der Waals surface area (Å²) in [6.07, 6.45) is 0. The van der Waals surface area contributed by atoms with E-state index in [1.165, 1.54) is 5.39 Å². The zero-order valence-electron chi connectivity index (χ0n) is 26.5. The van der Waals surface area contributed by atoms with Crippen molar-refractivity contribution >= 4 is 71.7 Å². The molecule has 0 aliphatic carbocycles. The van der Waals surface area contributed by atoms with Gasteiger partial charge in [-0.05, 0) is 59.0 Å². The maximum Gasteiger partial charge on any atom is 0.143 e. The average Bonchev–Trinajstić information content (AvgIpc) is 3.74. The fourth-order valence-corrected chi connectivity index (χ4v) is 7.47. The van der Waals surface area contributed by atoms with Gasteiger partial charge in [0.1, 0.15) is 22.3 Å². The molecule has 0 spiro atoms. The highest BCUT2D eigenvalue weighted by Crippen LogP contribution is 2.48. The number of nitrogens with zero attached hydrogens (tertiary/aromatic N) is 1. The molecule has 0 radical (unpaired) electrons. The van der Waals surface area contributed by atoms with Crippen LogP contribution in [-0.2, 0) is 0 Å². The molecule has 0 bridgehead atoms. The minimum atomic E-state index is 0.855. The molecule has 0 amide bonds. The van der Waals surface area contributed by atoms with Crippen LogP contribution in [0.4, 0.5) is 17.1 Å². The van der Waals surface area contributed by atoms with Gasteiger partial charge in [0.05, 0.1) is 11.4 Å². The Morgan fingerprint density at radius 1 is 0.367 bits per heavy atom. The van der Waals surface area contributed by atoms with Gasteiger partial charge in [0.2, 0.25) is 0 Å². The van der Waals surface area contributed by atoms with Crippen LogP contribution in [0.25, 0.3) is 76.9 Å². The summed E-state index contributed by atoms with van der Waals surface area (Å²) in [7, 11) is 0. The largest absolute Gasteiger partial charge is 0.456 e. The number of fused-ring (bicyclic) bond motifs is 8. The molecule has 2 heterocycles. The second-order valence-corrected chi connectivity index (χ2v) is 12.5. The molecule has 0 N–H and O–H groups in total. The molecular weight excluding hydrogens is 599 g/mol. The highest BCUT2D eigenvalue weighted by Gasteiger charge is 2.23. The Labute approximate surface area is 282 Å². The molecule has 10 aromatic rings. The van der Waals surface area contributed by atoms with Crippen molar-refractivity contribution in [3.63, 3.8) is 0 Å². The molecule has 2 aromatic heterocycles. The van der Waals surface area contributed by atoms with E-state index in [1.54, 1.807) is 0 Å². The van der Waals surface area contributed by atoms with Gasteiger partial charge in [0.25, 0.3) is 0 Å². The van der Waals surface area contributed by atoms with Crippen LogP contribution in [0.2, 0.25) is 0 Å². The summed E-state index contributed by atoms with van der Waals surface area (Å²) in [4.78, 5) is 2.38. The van der Waals surface area contributed by atoms with Crippen molar-refractivity contribution in [3.05, 3.63) is 176 Å². The first-order valence-corrected chi connectivity index (χ1v) is 16.6. The molecule has 0 aliphatic heterocycles. The molecule has 0 unspecified atom stereocenters. The van der Waals surface area contributed by atoms with E-state index in [9.17, 15) is 0 Å². The molecule has 0 atom stereocenters. The smallest absolute Gasteiger partial charge is 0.143 e. The van der Waals surface area contributed by atoms with Gasteiger partial charge < -0.3 is 13.7 Å². The van der Waals surface area contributed by atoms with Crippen molar-refractivity contribution in [2.24, 2.45) is 0 Å². The van der Waals surface area contributed by atoms with Crippen LogP contribution in [0, 0.1) is 0 Å². The fourth-order valence-electron chi connectivity index (χ4n) is 7.47. The molecule has 8 aromatic carbocycles. The molecule has 0 fully saturated rings. The normalized spacial score (nSPS) is 11.7. The third kappa shape index (κ3) is 4.37. The molecule has 0 saturated heterocycles. The monoisotopic (exact) mass is 627 g/mol. The van der Waals surface area contributed by atoms with Crippen LogP contribution in [0.1, 0.15) is 0 Å². The molecule has 3 heteroatoms. The SMILES string of the molecule is c1ccc(-c2ccccc2N(c2ccc3c(c2)oc2ccccc23)c2ccccc2-c2cccc3oc4c5ccccc5ccc4c23)cc1. The standard InChI is InChI=1S/C46H29NO2/c1-2-13-30(14-3-1)33-16-6-9-21-40(33)47(32-26-28-37-36-19-8-11-23-42(36)48-44(37)29-32)41-22-10-7-18-35(41)38-20-12-24-43-45(38)39-27-25-31-15-4-5-17-34(31)46(39)49-43/h1-29H. The van der Waals surface area contributed by atoms with Crippen molar-refractivity contribution in [1.82, 2.24) is 0 Å². The fraction of sp³-hybridized carbons (Fsp3) is 0. The van der Waals surface area contributed by atoms with E-state index in [0.717, 1.165) is 88.6 Å². The van der Waals surface area contributed by atoms with Crippen LogP contribution in [-0.4, -0.2) is 0 Å². The summed E-state index contributed by atoms with van der Waals surface area (Å²) in [5.41, 5.74) is 11.2. The number of para-hydroxylation sites is 3. The molecule has 3 nitrogen and oxygen atoms in total. The van der Waals surface area contributed by atoms with Gasteiger partial charge in [-0.15, -0.1) is 0 Å². The van der Waals surface area contributed by atoms with E-state index in [4.69, 9.17) is 8.83 Å². The quantitative estimate of drug-likeness (QED) is 0.190. The summed E-state index contributed by atoms with van der Waals surface area (Å²) < 4.78 is 13.1. The summed E-state index contributed by atoms with van der Waals surface area (Å²) in [6, 6.07) is 62.0. The van der Waals surface area contributed by atoms with Crippen molar-refractivity contribution < 1.29 is 8.83 Å². The maximum absolute atomic E-state index is 6.63. The van der Waals surface area contributed by atoms with E-state index >= 15 is 0 Å². The number of hydrogen-bond donors (Lipinski definition) is 0. The van der Waals surface area contributed by atoms with E-state index < -0.39 is 0 Å². The van der Waals surface area contributed by atoms with E-state index in [-0.39, 0.29) is 0 Å². The van der Waals surface area contributed by atoms with Gasteiger partial charge in [0, 0.05) is 49.8 Å². The third-order valence-electron chi connectivity index (χ3n) is 9.67. The second kappa shape index (κ2) is 11.0. The summed E-state index contributed by atoms with van der Waals surface area (Å²) in [6.45, 7) is 0. The lowest BCUT2D eigenvalue weighted by Gasteiger charge is -2.30. The maximum atomic E-state index is 6.63. The van der Waals surface area contributed by atoms with E-state index in [0.29, 0.717) is 0 Å². The number of benzene rings is 8. The topological polar surface area (TPSA) is 29.5 Å². The lowest BCUT2D eigenvalue weighted by molar-refractivity contribution is 0.669. The second-order valence-electron chi connectivity index (χ2n) is 12.5. The third-order valence-corrected chi connectivity index (χ3v) is 9.67. The average molecular weight is 628 g/mol. The lowest BCUT2D eigenvalue weighted by atomic mass is 9.95. The van der Waals surface area contributed by atoms with Gasteiger partial charge in [-0.2, -0.15) is 0 Å². The predicted octanol–water partition coefficient (Wildman–Crippen LogP) is 13.4. The van der Waals surface area contributed by atoms with Gasteiger partial charge in [-0.25, -0.2) is 0 Å². The predicted molar refractivity (Wildman–Crippen MR) is 204 cm³/mol. The van der Waals surface area contributed by atoms with Gasteiger partial charge in [0.15, 0.2) is 0 Å². The molecule has 49 heavy (non-hydrogen) atoms. The van der Waals surface area contributed by atoms with Crippen molar-refractivity contribution in [3.8, 4) is 22.3 Å². The lowest BCUT2D eigenvalue weighted by Crippen LogP contribution is -2.12. The Balaban J connectivity index is 1.26.